The Balaban J connectivity index is 1.90. The van der Waals surface area contributed by atoms with Crippen molar-refractivity contribution in [2.75, 3.05) is 19.6 Å². The van der Waals surface area contributed by atoms with Gasteiger partial charge < -0.3 is 9.80 Å². The molecule has 1 aromatic carbocycles. The van der Waals surface area contributed by atoms with Crippen LogP contribution in [0.15, 0.2) is 35.7 Å². The molecule has 0 fully saturated rings. The van der Waals surface area contributed by atoms with Gasteiger partial charge in [-0.2, -0.15) is 0 Å². The molecule has 0 N–H and O–H groups in total. The lowest BCUT2D eigenvalue weighted by Gasteiger charge is -2.38. The second kappa shape index (κ2) is 8.70. The van der Waals surface area contributed by atoms with E-state index in [4.69, 9.17) is 0 Å². The first-order valence-corrected chi connectivity index (χ1v) is 10.6. The molecule has 5 heteroatoms. The summed E-state index contributed by atoms with van der Waals surface area (Å²) in [6.07, 6.45) is 2.81. The highest BCUT2D eigenvalue weighted by atomic mass is 32.1. The van der Waals surface area contributed by atoms with Gasteiger partial charge in [-0.05, 0) is 47.9 Å². The number of hydrogen-bond donors (Lipinski definition) is 0. The van der Waals surface area contributed by atoms with Crippen LogP contribution < -0.4 is 0 Å². The van der Waals surface area contributed by atoms with Crippen LogP contribution in [0.4, 0.5) is 0 Å². The van der Waals surface area contributed by atoms with Crippen molar-refractivity contribution in [2.24, 2.45) is 0 Å². The van der Waals surface area contributed by atoms with Crippen molar-refractivity contribution in [1.29, 1.82) is 0 Å². The normalized spacial score (nSPS) is 16.1. The third-order valence-corrected chi connectivity index (χ3v) is 6.32. The Labute approximate surface area is 165 Å². The smallest absolute Gasteiger partial charge is 0.242 e. The number of amides is 2. The maximum Gasteiger partial charge on any atom is 0.242 e. The van der Waals surface area contributed by atoms with Crippen molar-refractivity contribution < 1.29 is 9.59 Å². The van der Waals surface area contributed by atoms with E-state index in [-0.39, 0.29) is 24.4 Å². The molecule has 1 aromatic heterocycles. The van der Waals surface area contributed by atoms with Crippen LogP contribution in [0, 0.1) is 6.92 Å². The van der Waals surface area contributed by atoms with E-state index in [2.05, 4.69) is 37.4 Å². The summed E-state index contributed by atoms with van der Waals surface area (Å²) in [6, 6.07) is 10.4. The van der Waals surface area contributed by atoms with E-state index in [0.29, 0.717) is 13.1 Å². The molecule has 0 bridgehead atoms. The highest BCUT2D eigenvalue weighted by Gasteiger charge is 2.34. The monoisotopic (exact) mass is 384 g/mol. The SMILES string of the molecule is CCCCN(CC(=O)N1CCc2sccc2C1c1ccccc1C)C(C)=O. The van der Waals surface area contributed by atoms with Gasteiger partial charge in [0.05, 0.1) is 12.6 Å². The molecule has 0 aliphatic carbocycles. The van der Waals surface area contributed by atoms with E-state index >= 15 is 0 Å². The Morgan fingerprint density at radius 2 is 2.00 bits per heavy atom. The maximum absolute atomic E-state index is 13.2. The molecule has 1 aliphatic heterocycles. The first-order chi connectivity index (χ1) is 13.0. The van der Waals surface area contributed by atoms with E-state index in [1.54, 1.807) is 23.2 Å². The molecule has 0 spiro atoms. The van der Waals surface area contributed by atoms with Crippen molar-refractivity contribution in [3.8, 4) is 0 Å². The number of fused-ring (bicyclic) bond motifs is 1. The van der Waals surface area contributed by atoms with Crippen LogP contribution in [-0.4, -0.2) is 41.2 Å². The molecule has 1 aliphatic rings. The quantitative estimate of drug-likeness (QED) is 0.750. The lowest BCUT2D eigenvalue weighted by atomic mass is 9.90. The number of carbonyl (C=O) groups excluding carboxylic acids is 2. The van der Waals surface area contributed by atoms with Gasteiger partial charge >= 0.3 is 0 Å². The van der Waals surface area contributed by atoms with Gasteiger partial charge in [0.15, 0.2) is 0 Å². The van der Waals surface area contributed by atoms with Gasteiger partial charge in [-0.15, -0.1) is 11.3 Å². The first kappa shape index (κ1) is 19.6. The Kier molecular flexibility index (Phi) is 6.32. The molecule has 2 heterocycles. The van der Waals surface area contributed by atoms with Crippen LogP contribution in [0.3, 0.4) is 0 Å². The maximum atomic E-state index is 13.2. The van der Waals surface area contributed by atoms with Gasteiger partial charge in [-0.3, -0.25) is 9.59 Å². The predicted molar refractivity (Wildman–Crippen MR) is 110 cm³/mol. The van der Waals surface area contributed by atoms with E-state index in [9.17, 15) is 9.59 Å². The van der Waals surface area contributed by atoms with Gasteiger partial charge in [0, 0.05) is 24.9 Å². The lowest BCUT2D eigenvalue weighted by Crippen LogP contribution is -2.46. The first-order valence-electron chi connectivity index (χ1n) is 9.69. The number of carbonyl (C=O) groups is 2. The summed E-state index contributed by atoms with van der Waals surface area (Å²) in [4.78, 5) is 30.2. The predicted octanol–water partition coefficient (Wildman–Crippen LogP) is 4.18. The minimum atomic E-state index is -0.0614. The van der Waals surface area contributed by atoms with Crippen LogP contribution >= 0.6 is 11.3 Å². The number of unbranched alkanes of at least 4 members (excludes halogenated alkanes) is 1. The number of thiophene rings is 1. The second-order valence-electron chi connectivity index (χ2n) is 7.19. The molecule has 0 saturated carbocycles. The fourth-order valence-electron chi connectivity index (χ4n) is 3.76. The fourth-order valence-corrected chi connectivity index (χ4v) is 4.67. The van der Waals surface area contributed by atoms with E-state index < -0.39 is 0 Å². The third kappa shape index (κ3) is 4.24. The molecule has 27 heavy (non-hydrogen) atoms. The standard InChI is InChI=1S/C22H28N2O2S/c1-4-5-12-23(17(3)25)15-21(26)24-13-10-20-19(11-14-27-20)22(24)18-9-7-6-8-16(18)2/h6-9,11,14,22H,4-5,10,12-13,15H2,1-3H3. The second-order valence-corrected chi connectivity index (χ2v) is 8.19. The summed E-state index contributed by atoms with van der Waals surface area (Å²) >= 11 is 1.77. The lowest BCUT2D eigenvalue weighted by molar-refractivity contribution is -0.140. The fraction of sp³-hybridized carbons (Fsp3) is 0.455. The zero-order chi connectivity index (χ0) is 19.4. The molecular formula is C22H28N2O2S. The Morgan fingerprint density at radius 3 is 2.70 bits per heavy atom. The van der Waals surface area contributed by atoms with Crippen molar-refractivity contribution in [1.82, 2.24) is 9.80 Å². The summed E-state index contributed by atoms with van der Waals surface area (Å²) in [5, 5.41) is 2.12. The van der Waals surface area contributed by atoms with Crippen molar-refractivity contribution in [2.45, 2.75) is 46.1 Å². The summed E-state index contributed by atoms with van der Waals surface area (Å²) in [7, 11) is 0. The molecular weight excluding hydrogens is 356 g/mol. The molecule has 144 valence electrons. The summed E-state index contributed by atoms with van der Waals surface area (Å²) in [5.74, 6) is 0.00359. The average molecular weight is 385 g/mol. The topological polar surface area (TPSA) is 40.6 Å². The Morgan fingerprint density at radius 1 is 1.22 bits per heavy atom. The van der Waals surface area contributed by atoms with E-state index in [1.807, 2.05) is 17.0 Å². The number of benzene rings is 1. The largest absolute Gasteiger partial charge is 0.334 e. The summed E-state index contributed by atoms with van der Waals surface area (Å²) in [6.45, 7) is 7.25. The minimum Gasteiger partial charge on any atom is -0.334 e. The van der Waals surface area contributed by atoms with Crippen LogP contribution in [0.2, 0.25) is 0 Å². The zero-order valence-electron chi connectivity index (χ0n) is 16.4. The number of rotatable bonds is 6. The summed E-state index contributed by atoms with van der Waals surface area (Å²) < 4.78 is 0. The zero-order valence-corrected chi connectivity index (χ0v) is 17.2. The highest BCUT2D eigenvalue weighted by molar-refractivity contribution is 7.10. The van der Waals surface area contributed by atoms with Gasteiger partial charge in [0.2, 0.25) is 11.8 Å². The van der Waals surface area contributed by atoms with E-state index in [0.717, 1.165) is 19.3 Å². The summed E-state index contributed by atoms with van der Waals surface area (Å²) in [5.41, 5.74) is 3.60. The van der Waals surface area contributed by atoms with Crippen molar-refractivity contribution in [3.63, 3.8) is 0 Å². The van der Waals surface area contributed by atoms with Crippen LogP contribution in [-0.2, 0) is 16.0 Å². The average Bonchev–Trinajstić information content (AvgIpc) is 3.13. The molecule has 0 radical (unpaired) electrons. The molecule has 1 unspecified atom stereocenters. The Bertz CT molecular complexity index is 814. The molecule has 4 nitrogen and oxygen atoms in total. The van der Waals surface area contributed by atoms with Crippen LogP contribution in [0.25, 0.3) is 0 Å². The van der Waals surface area contributed by atoms with Crippen molar-refractivity contribution in [3.05, 3.63) is 57.3 Å². The minimum absolute atomic E-state index is 0.0301. The number of nitrogens with zero attached hydrogens (tertiary/aromatic N) is 2. The molecule has 2 aromatic rings. The van der Waals surface area contributed by atoms with Gasteiger partial charge in [-0.25, -0.2) is 0 Å². The van der Waals surface area contributed by atoms with Crippen molar-refractivity contribution >= 4 is 23.2 Å². The van der Waals surface area contributed by atoms with Crippen LogP contribution in [0.5, 0.6) is 0 Å². The van der Waals surface area contributed by atoms with E-state index in [1.165, 1.54) is 21.6 Å². The molecule has 1 atom stereocenters. The van der Waals surface area contributed by atoms with Gasteiger partial charge in [0.25, 0.3) is 0 Å². The van der Waals surface area contributed by atoms with Gasteiger partial charge in [-0.1, -0.05) is 37.6 Å². The number of hydrogen-bond acceptors (Lipinski definition) is 3. The van der Waals surface area contributed by atoms with Gasteiger partial charge in [0.1, 0.15) is 0 Å². The highest BCUT2D eigenvalue weighted by Crippen LogP contribution is 2.38. The molecule has 0 saturated heterocycles. The molecule has 3 rings (SSSR count). The Hall–Kier alpha value is -2.14. The third-order valence-electron chi connectivity index (χ3n) is 5.32. The molecule has 2 amide bonds. The number of aryl methyl sites for hydroxylation is 1. The van der Waals surface area contributed by atoms with Crippen LogP contribution in [0.1, 0.15) is 54.3 Å².